The van der Waals surface area contributed by atoms with Gasteiger partial charge in [0.15, 0.2) is 0 Å². The van der Waals surface area contributed by atoms with Crippen LogP contribution in [0.5, 0.6) is 5.75 Å². The Bertz CT molecular complexity index is 650. The van der Waals surface area contributed by atoms with E-state index in [-0.39, 0.29) is 17.9 Å². The van der Waals surface area contributed by atoms with Gasteiger partial charge in [0.2, 0.25) is 0 Å². The second kappa shape index (κ2) is 7.64. The zero-order valence-corrected chi connectivity index (χ0v) is 17.3. The fraction of sp³-hybridized carbons (Fsp3) is 0.737. The summed E-state index contributed by atoms with van der Waals surface area (Å²) in [6.07, 6.45) is -0.692. The zero-order chi connectivity index (χ0) is 20.6. The van der Waals surface area contributed by atoms with E-state index in [1.807, 2.05) is 34.6 Å². The summed E-state index contributed by atoms with van der Waals surface area (Å²) in [4.78, 5) is 4.25. The first kappa shape index (κ1) is 22.0. The summed E-state index contributed by atoms with van der Waals surface area (Å²) < 4.78 is 44.6. The molecule has 0 spiro atoms. The smallest absolute Gasteiger partial charge is 0.490 e. The van der Waals surface area contributed by atoms with Crippen LogP contribution in [0.4, 0.5) is 8.78 Å². The van der Waals surface area contributed by atoms with E-state index in [1.54, 1.807) is 0 Å². The molecule has 8 heteroatoms. The SMILES string of the molecule is CC(C)CC(C)(N)COc1cnc(B2OC(C)(C)C(C)(C)O2)cc1C(F)F. The molecule has 0 aromatic carbocycles. The van der Waals surface area contributed by atoms with Gasteiger partial charge in [0.1, 0.15) is 12.4 Å². The van der Waals surface area contributed by atoms with Gasteiger partial charge in [0.25, 0.3) is 6.43 Å². The first-order valence-electron chi connectivity index (χ1n) is 9.29. The minimum atomic E-state index is -2.71. The Morgan fingerprint density at radius 2 is 1.78 bits per heavy atom. The maximum absolute atomic E-state index is 13.6. The van der Waals surface area contributed by atoms with Gasteiger partial charge >= 0.3 is 7.12 Å². The molecule has 1 aliphatic rings. The van der Waals surface area contributed by atoms with Crippen LogP contribution in [0.2, 0.25) is 0 Å². The molecule has 2 N–H and O–H groups in total. The highest BCUT2D eigenvalue weighted by Crippen LogP contribution is 2.37. The van der Waals surface area contributed by atoms with Gasteiger partial charge in [-0.15, -0.1) is 0 Å². The Kier molecular flexibility index (Phi) is 6.24. The molecule has 0 amide bonds. The summed E-state index contributed by atoms with van der Waals surface area (Å²) >= 11 is 0. The molecule has 152 valence electrons. The minimum absolute atomic E-state index is 0.0331. The molecule has 0 saturated carbocycles. The highest BCUT2D eigenvalue weighted by atomic mass is 19.3. The van der Waals surface area contributed by atoms with Gasteiger partial charge in [0.05, 0.1) is 28.6 Å². The number of hydrogen-bond acceptors (Lipinski definition) is 5. The number of alkyl halides is 2. The molecule has 1 saturated heterocycles. The van der Waals surface area contributed by atoms with Crippen LogP contribution in [-0.4, -0.2) is 35.5 Å². The van der Waals surface area contributed by atoms with E-state index < -0.39 is 30.3 Å². The van der Waals surface area contributed by atoms with Crippen molar-refractivity contribution in [1.29, 1.82) is 0 Å². The monoisotopic (exact) mass is 384 g/mol. The summed E-state index contributed by atoms with van der Waals surface area (Å²) in [6, 6.07) is 1.29. The van der Waals surface area contributed by atoms with Crippen LogP contribution in [0.25, 0.3) is 0 Å². The molecular formula is C19H31BF2N2O3. The molecule has 0 aliphatic carbocycles. The largest absolute Gasteiger partial charge is 0.514 e. The third-order valence-corrected chi connectivity index (χ3v) is 5.08. The number of pyridine rings is 1. The second-order valence-corrected chi connectivity index (χ2v) is 9.08. The predicted octanol–water partition coefficient (Wildman–Crippen LogP) is 3.46. The molecule has 1 aromatic heterocycles. The molecule has 1 atom stereocenters. The van der Waals surface area contributed by atoms with E-state index in [0.717, 1.165) is 6.42 Å². The van der Waals surface area contributed by atoms with Gasteiger partial charge < -0.3 is 19.8 Å². The molecule has 1 fully saturated rings. The number of rotatable bonds is 7. The van der Waals surface area contributed by atoms with Gasteiger partial charge in [0, 0.05) is 5.54 Å². The summed E-state index contributed by atoms with van der Waals surface area (Å²) in [7, 11) is -0.803. The van der Waals surface area contributed by atoms with Gasteiger partial charge in [-0.3, -0.25) is 4.98 Å². The fourth-order valence-electron chi connectivity index (χ4n) is 3.09. The molecule has 1 unspecified atom stereocenters. The molecule has 1 aliphatic heterocycles. The lowest BCUT2D eigenvalue weighted by atomic mass is 9.83. The van der Waals surface area contributed by atoms with Crippen LogP contribution in [0, 0.1) is 5.92 Å². The normalized spacial score (nSPS) is 21.0. The van der Waals surface area contributed by atoms with Crippen molar-refractivity contribution in [2.24, 2.45) is 11.7 Å². The Morgan fingerprint density at radius 1 is 1.22 bits per heavy atom. The van der Waals surface area contributed by atoms with Crippen molar-refractivity contribution in [2.45, 2.75) is 78.1 Å². The Labute approximate surface area is 161 Å². The van der Waals surface area contributed by atoms with E-state index in [9.17, 15) is 8.78 Å². The maximum Gasteiger partial charge on any atom is 0.514 e. The van der Waals surface area contributed by atoms with E-state index in [2.05, 4.69) is 18.8 Å². The molecule has 0 radical (unpaired) electrons. The van der Waals surface area contributed by atoms with Crippen LogP contribution >= 0.6 is 0 Å². The van der Waals surface area contributed by atoms with Crippen molar-refractivity contribution in [2.75, 3.05) is 6.61 Å². The Morgan fingerprint density at radius 3 is 2.26 bits per heavy atom. The topological polar surface area (TPSA) is 66.6 Å². The van der Waals surface area contributed by atoms with E-state index in [0.29, 0.717) is 11.5 Å². The maximum atomic E-state index is 13.6. The molecule has 1 aromatic rings. The number of nitrogens with two attached hydrogens (primary N) is 1. The molecule has 0 bridgehead atoms. The van der Waals surface area contributed by atoms with Crippen LogP contribution in [0.3, 0.4) is 0 Å². The van der Waals surface area contributed by atoms with Gasteiger partial charge in [-0.05, 0) is 53.0 Å². The van der Waals surface area contributed by atoms with Crippen LogP contribution in [0.1, 0.15) is 66.9 Å². The van der Waals surface area contributed by atoms with Crippen molar-refractivity contribution < 1.29 is 22.8 Å². The van der Waals surface area contributed by atoms with Gasteiger partial charge in [-0.25, -0.2) is 8.78 Å². The number of ether oxygens (including phenoxy) is 1. The summed E-state index contributed by atoms with van der Waals surface area (Å²) in [5.41, 5.74) is 4.51. The fourth-order valence-corrected chi connectivity index (χ4v) is 3.09. The number of halogens is 2. The zero-order valence-electron chi connectivity index (χ0n) is 17.3. The van der Waals surface area contributed by atoms with Crippen molar-refractivity contribution in [1.82, 2.24) is 4.98 Å². The van der Waals surface area contributed by atoms with Crippen molar-refractivity contribution in [3.8, 4) is 5.75 Å². The Hall–Kier alpha value is -1.25. The van der Waals surface area contributed by atoms with E-state index in [4.69, 9.17) is 19.8 Å². The summed E-state index contributed by atoms with van der Waals surface area (Å²) in [5, 5.41) is 0. The first-order chi connectivity index (χ1) is 12.2. The van der Waals surface area contributed by atoms with Crippen LogP contribution in [-0.2, 0) is 9.31 Å². The average Bonchev–Trinajstić information content (AvgIpc) is 2.72. The molecular weight excluding hydrogens is 353 g/mol. The van der Waals surface area contributed by atoms with E-state index >= 15 is 0 Å². The average molecular weight is 384 g/mol. The van der Waals surface area contributed by atoms with Crippen LogP contribution < -0.4 is 16.1 Å². The third kappa shape index (κ3) is 5.18. The molecule has 2 rings (SSSR count). The molecule has 5 nitrogen and oxygen atoms in total. The number of hydrogen-bond donors (Lipinski definition) is 1. The predicted molar refractivity (Wildman–Crippen MR) is 102 cm³/mol. The highest BCUT2D eigenvalue weighted by molar-refractivity contribution is 6.61. The first-order valence-corrected chi connectivity index (χ1v) is 9.29. The quantitative estimate of drug-likeness (QED) is 0.730. The Balaban J connectivity index is 2.20. The number of nitrogens with zero attached hydrogens (tertiary/aromatic N) is 1. The number of aromatic nitrogens is 1. The van der Waals surface area contributed by atoms with Gasteiger partial charge in [-0.2, -0.15) is 0 Å². The summed E-state index contributed by atoms with van der Waals surface area (Å²) in [6.45, 7) is 13.7. The summed E-state index contributed by atoms with van der Waals surface area (Å²) in [5.74, 6) is 0.410. The standard InChI is InChI=1S/C19H31BF2N2O3/c1-12(2)9-19(7,23)11-25-14-10-24-15(8-13(14)16(21)22)20-26-17(3,4)18(5,6)27-20/h8,10,12,16H,9,11,23H2,1-7H3. The molecule has 27 heavy (non-hydrogen) atoms. The van der Waals surface area contributed by atoms with Crippen molar-refractivity contribution in [3.05, 3.63) is 17.8 Å². The lowest BCUT2D eigenvalue weighted by Crippen LogP contribution is -2.43. The van der Waals surface area contributed by atoms with Crippen molar-refractivity contribution in [3.63, 3.8) is 0 Å². The van der Waals surface area contributed by atoms with E-state index in [1.165, 1.54) is 12.3 Å². The van der Waals surface area contributed by atoms with Crippen molar-refractivity contribution >= 4 is 12.7 Å². The lowest BCUT2D eigenvalue weighted by molar-refractivity contribution is 0.00578. The molecule has 2 heterocycles. The van der Waals surface area contributed by atoms with Crippen LogP contribution in [0.15, 0.2) is 12.3 Å². The lowest BCUT2D eigenvalue weighted by Gasteiger charge is -2.32. The van der Waals surface area contributed by atoms with Gasteiger partial charge in [-0.1, -0.05) is 13.8 Å². The third-order valence-electron chi connectivity index (χ3n) is 5.08. The second-order valence-electron chi connectivity index (χ2n) is 9.08. The minimum Gasteiger partial charge on any atom is -0.490 e. The highest BCUT2D eigenvalue weighted by Gasteiger charge is 2.52.